The molecule has 1 heterocycles. The van der Waals surface area contributed by atoms with Gasteiger partial charge in [-0.05, 0) is 39.0 Å². The first-order valence-electron chi connectivity index (χ1n) is 6.75. The molecule has 0 fully saturated rings. The van der Waals surface area contributed by atoms with Gasteiger partial charge in [0.1, 0.15) is 0 Å². The van der Waals surface area contributed by atoms with Gasteiger partial charge in [-0.1, -0.05) is 30.2 Å². The quantitative estimate of drug-likeness (QED) is 0.646. The molecule has 0 saturated heterocycles. The SMILES string of the molecule is CO[C@H]1/C=C/CCCCCOC/C(C)=C\CC1. The monoisotopic (exact) mass is 238 g/mol. The second-order valence-electron chi connectivity index (χ2n) is 4.73. The number of rotatable bonds is 1. The Morgan fingerprint density at radius 1 is 1.24 bits per heavy atom. The molecule has 0 radical (unpaired) electrons. The number of methoxy groups -OCH3 is 1. The molecule has 0 bridgehead atoms. The van der Waals surface area contributed by atoms with Crippen LogP contribution in [0.15, 0.2) is 23.8 Å². The van der Waals surface area contributed by atoms with Gasteiger partial charge in [0.05, 0.1) is 12.7 Å². The summed E-state index contributed by atoms with van der Waals surface area (Å²) in [4.78, 5) is 0. The van der Waals surface area contributed by atoms with Gasteiger partial charge in [-0.25, -0.2) is 0 Å². The summed E-state index contributed by atoms with van der Waals surface area (Å²) in [7, 11) is 1.79. The molecule has 0 amide bonds. The van der Waals surface area contributed by atoms with E-state index in [0.717, 1.165) is 32.5 Å². The normalized spacial score (nSPS) is 30.0. The molecule has 98 valence electrons. The average molecular weight is 238 g/mol. The van der Waals surface area contributed by atoms with E-state index in [9.17, 15) is 0 Å². The third-order valence-corrected chi connectivity index (χ3v) is 3.09. The summed E-state index contributed by atoms with van der Waals surface area (Å²) in [6, 6.07) is 0. The molecule has 0 aliphatic carbocycles. The maximum atomic E-state index is 5.63. The summed E-state index contributed by atoms with van der Waals surface area (Å²) in [5.41, 5.74) is 1.33. The first-order valence-corrected chi connectivity index (χ1v) is 6.75. The molecule has 0 saturated carbocycles. The average Bonchev–Trinajstić information content (AvgIpc) is 2.34. The van der Waals surface area contributed by atoms with E-state index in [1.54, 1.807) is 7.11 Å². The van der Waals surface area contributed by atoms with E-state index in [0.29, 0.717) is 0 Å². The van der Waals surface area contributed by atoms with E-state index in [1.165, 1.54) is 24.8 Å². The molecule has 0 aromatic heterocycles. The van der Waals surface area contributed by atoms with Crippen molar-refractivity contribution >= 4 is 0 Å². The predicted molar refractivity (Wildman–Crippen MR) is 72.2 cm³/mol. The lowest BCUT2D eigenvalue weighted by Crippen LogP contribution is -2.06. The van der Waals surface area contributed by atoms with Gasteiger partial charge in [0.2, 0.25) is 0 Å². The topological polar surface area (TPSA) is 18.5 Å². The summed E-state index contributed by atoms with van der Waals surface area (Å²) in [5.74, 6) is 0. The molecular weight excluding hydrogens is 212 g/mol. The van der Waals surface area contributed by atoms with Crippen molar-refractivity contribution in [1.82, 2.24) is 0 Å². The van der Waals surface area contributed by atoms with Crippen LogP contribution in [0.1, 0.15) is 45.4 Å². The Balaban J connectivity index is 2.43. The number of allylic oxidation sites excluding steroid dienone is 2. The molecule has 0 N–H and O–H groups in total. The van der Waals surface area contributed by atoms with Crippen LogP contribution >= 0.6 is 0 Å². The van der Waals surface area contributed by atoms with Crippen molar-refractivity contribution in [3.05, 3.63) is 23.8 Å². The minimum absolute atomic E-state index is 0.267. The highest BCUT2D eigenvalue weighted by Crippen LogP contribution is 2.09. The van der Waals surface area contributed by atoms with Crippen molar-refractivity contribution in [3.63, 3.8) is 0 Å². The smallest absolute Gasteiger partial charge is 0.0755 e. The second kappa shape index (κ2) is 9.43. The highest BCUT2D eigenvalue weighted by Gasteiger charge is 2.01. The lowest BCUT2D eigenvalue weighted by atomic mass is 10.1. The Morgan fingerprint density at radius 3 is 2.94 bits per heavy atom. The number of hydrogen-bond donors (Lipinski definition) is 0. The predicted octanol–water partition coefficient (Wildman–Crippen LogP) is 3.87. The third kappa shape index (κ3) is 7.35. The van der Waals surface area contributed by atoms with Crippen molar-refractivity contribution in [2.24, 2.45) is 0 Å². The molecule has 0 unspecified atom stereocenters. The summed E-state index contributed by atoms with van der Waals surface area (Å²) >= 11 is 0. The fraction of sp³-hybridized carbons (Fsp3) is 0.733. The number of ether oxygens (including phenoxy) is 2. The zero-order valence-electron chi connectivity index (χ0n) is 11.3. The Labute approximate surface area is 106 Å². The first kappa shape index (κ1) is 14.5. The van der Waals surface area contributed by atoms with E-state index in [4.69, 9.17) is 9.47 Å². The molecule has 0 aromatic rings. The fourth-order valence-corrected chi connectivity index (χ4v) is 1.97. The van der Waals surface area contributed by atoms with Crippen LogP contribution in [0.5, 0.6) is 0 Å². The van der Waals surface area contributed by atoms with E-state index >= 15 is 0 Å². The Hall–Kier alpha value is -0.600. The van der Waals surface area contributed by atoms with Crippen LogP contribution in [0.4, 0.5) is 0 Å². The molecule has 1 rings (SSSR count). The molecule has 1 atom stereocenters. The van der Waals surface area contributed by atoms with Gasteiger partial charge in [0, 0.05) is 13.7 Å². The van der Waals surface area contributed by atoms with Gasteiger partial charge in [0.25, 0.3) is 0 Å². The highest BCUT2D eigenvalue weighted by molar-refractivity contribution is 4.99. The standard InChI is InChI=1S/C15H26O2/c1-14-9-8-11-15(16-2)10-6-4-3-5-7-12-17-13-14/h6,9-10,15H,3-5,7-8,11-13H2,1-2H3/b10-6+,14-9-/t15-/m0/s1. The maximum absolute atomic E-state index is 5.63. The highest BCUT2D eigenvalue weighted by atomic mass is 16.5. The Bertz CT molecular complexity index is 243. The van der Waals surface area contributed by atoms with Crippen molar-refractivity contribution < 1.29 is 9.47 Å². The van der Waals surface area contributed by atoms with Crippen LogP contribution in [0.3, 0.4) is 0 Å². The van der Waals surface area contributed by atoms with Crippen LogP contribution in [-0.2, 0) is 9.47 Å². The van der Waals surface area contributed by atoms with Gasteiger partial charge in [0.15, 0.2) is 0 Å². The van der Waals surface area contributed by atoms with Crippen LogP contribution < -0.4 is 0 Å². The van der Waals surface area contributed by atoms with E-state index < -0.39 is 0 Å². The van der Waals surface area contributed by atoms with Crippen molar-refractivity contribution in [1.29, 1.82) is 0 Å². The number of hydrogen-bond acceptors (Lipinski definition) is 2. The van der Waals surface area contributed by atoms with Gasteiger partial charge in [-0.15, -0.1) is 0 Å². The van der Waals surface area contributed by atoms with Crippen LogP contribution in [-0.4, -0.2) is 26.4 Å². The summed E-state index contributed by atoms with van der Waals surface area (Å²) in [5, 5.41) is 0. The summed E-state index contributed by atoms with van der Waals surface area (Å²) in [6.07, 6.45) is 14.0. The minimum atomic E-state index is 0.267. The second-order valence-corrected chi connectivity index (χ2v) is 4.73. The van der Waals surface area contributed by atoms with Gasteiger partial charge in [-0.2, -0.15) is 0 Å². The van der Waals surface area contributed by atoms with Crippen molar-refractivity contribution in [2.75, 3.05) is 20.3 Å². The molecule has 2 heteroatoms. The zero-order chi connectivity index (χ0) is 12.3. The van der Waals surface area contributed by atoms with Crippen LogP contribution in [0.2, 0.25) is 0 Å². The lowest BCUT2D eigenvalue weighted by molar-refractivity contribution is 0.133. The van der Waals surface area contributed by atoms with Crippen molar-refractivity contribution in [3.8, 4) is 0 Å². The molecule has 1 aliphatic rings. The Morgan fingerprint density at radius 2 is 2.12 bits per heavy atom. The van der Waals surface area contributed by atoms with Gasteiger partial charge in [-0.3, -0.25) is 0 Å². The first-order chi connectivity index (χ1) is 8.33. The molecule has 2 nitrogen and oxygen atoms in total. The Kier molecular flexibility index (Phi) is 8.02. The lowest BCUT2D eigenvalue weighted by Gasteiger charge is -2.10. The summed E-state index contributed by atoms with van der Waals surface area (Å²) in [6.45, 7) is 3.83. The third-order valence-electron chi connectivity index (χ3n) is 3.09. The van der Waals surface area contributed by atoms with E-state index in [1.807, 2.05) is 0 Å². The fourth-order valence-electron chi connectivity index (χ4n) is 1.97. The van der Waals surface area contributed by atoms with Crippen molar-refractivity contribution in [2.45, 2.75) is 51.6 Å². The summed E-state index contributed by atoms with van der Waals surface area (Å²) < 4.78 is 11.1. The minimum Gasteiger partial charge on any atom is -0.377 e. The van der Waals surface area contributed by atoms with Crippen LogP contribution in [0.25, 0.3) is 0 Å². The van der Waals surface area contributed by atoms with Gasteiger partial charge < -0.3 is 9.47 Å². The molecule has 0 spiro atoms. The zero-order valence-corrected chi connectivity index (χ0v) is 11.3. The maximum Gasteiger partial charge on any atom is 0.0755 e. The molecular formula is C15H26O2. The van der Waals surface area contributed by atoms with E-state index in [2.05, 4.69) is 25.2 Å². The molecule has 1 aliphatic heterocycles. The molecule has 0 aromatic carbocycles. The van der Waals surface area contributed by atoms with E-state index in [-0.39, 0.29) is 6.10 Å². The van der Waals surface area contributed by atoms with Gasteiger partial charge >= 0.3 is 0 Å². The largest absolute Gasteiger partial charge is 0.377 e. The molecule has 17 heavy (non-hydrogen) atoms. The van der Waals surface area contributed by atoms with Crippen LogP contribution in [0, 0.1) is 0 Å².